The smallest absolute Gasteiger partial charge is 0.0253 e. The first-order valence-corrected chi connectivity index (χ1v) is 7.53. The van der Waals surface area contributed by atoms with Crippen LogP contribution in [0.1, 0.15) is 29.2 Å². The largest absolute Gasteiger partial charge is 0.0988 e. The fourth-order valence-corrected chi connectivity index (χ4v) is 2.95. The normalized spacial score (nSPS) is 11.4. The third kappa shape index (κ3) is 3.71. The van der Waals surface area contributed by atoms with Crippen molar-refractivity contribution in [3.8, 4) is 0 Å². The molecule has 0 atom stereocenters. The lowest BCUT2D eigenvalue weighted by Crippen LogP contribution is -1.92. The van der Waals surface area contributed by atoms with Crippen LogP contribution in [0, 0.1) is 6.92 Å². The van der Waals surface area contributed by atoms with Gasteiger partial charge < -0.3 is 0 Å². The Kier molecular flexibility index (Phi) is 4.97. The van der Waals surface area contributed by atoms with E-state index in [1.165, 1.54) is 27.8 Å². The van der Waals surface area contributed by atoms with Gasteiger partial charge in [0.2, 0.25) is 0 Å². The van der Waals surface area contributed by atoms with Crippen LogP contribution >= 0.6 is 15.9 Å². The average molecular weight is 327 g/mol. The number of hydrogen-bond donors (Lipinski definition) is 0. The van der Waals surface area contributed by atoms with Crippen molar-refractivity contribution >= 4 is 22.0 Å². The minimum atomic E-state index is 0.963. The Balaban J connectivity index is 2.33. The maximum Gasteiger partial charge on any atom is 0.0253 e. The first-order valence-electron chi connectivity index (χ1n) is 6.74. The number of hydrogen-bond acceptors (Lipinski definition) is 0. The van der Waals surface area contributed by atoms with Gasteiger partial charge in [0.15, 0.2) is 0 Å². The van der Waals surface area contributed by atoms with Gasteiger partial charge in [0.05, 0.1) is 0 Å². The number of benzene rings is 2. The van der Waals surface area contributed by atoms with Gasteiger partial charge in [-0.3, -0.25) is 0 Å². The molecular formula is C19H19Br. The highest BCUT2D eigenvalue weighted by molar-refractivity contribution is 9.10. The first kappa shape index (κ1) is 14.8. The van der Waals surface area contributed by atoms with Gasteiger partial charge in [-0.2, -0.15) is 0 Å². The summed E-state index contributed by atoms with van der Waals surface area (Å²) in [6.45, 7) is 8.03. The fourth-order valence-electron chi connectivity index (χ4n) is 2.23. The van der Waals surface area contributed by atoms with Crippen LogP contribution in [0.3, 0.4) is 0 Å². The second-order valence-corrected chi connectivity index (χ2v) is 5.92. The van der Waals surface area contributed by atoms with Crippen LogP contribution in [0.25, 0.3) is 6.08 Å². The quantitative estimate of drug-likeness (QED) is 0.610. The SMILES string of the molecule is C=C/C(C)=C/c1c(C)cc(Cc2ccccc2)cc1Br. The highest BCUT2D eigenvalue weighted by atomic mass is 79.9. The summed E-state index contributed by atoms with van der Waals surface area (Å²) in [7, 11) is 0. The van der Waals surface area contributed by atoms with Gasteiger partial charge in [-0.15, -0.1) is 0 Å². The third-order valence-corrected chi connectivity index (χ3v) is 4.00. The lowest BCUT2D eigenvalue weighted by molar-refractivity contribution is 1.17. The van der Waals surface area contributed by atoms with Crippen molar-refractivity contribution in [1.82, 2.24) is 0 Å². The molecule has 0 amide bonds. The summed E-state index contributed by atoms with van der Waals surface area (Å²) in [6.07, 6.45) is 5.01. The van der Waals surface area contributed by atoms with Crippen LogP contribution in [-0.4, -0.2) is 0 Å². The summed E-state index contributed by atoms with van der Waals surface area (Å²) in [5.74, 6) is 0. The highest BCUT2D eigenvalue weighted by Gasteiger charge is 2.05. The monoisotopic (exact) mass is 326 g/mol. The van der Waals surface area contributed by atoms with Gasteiger partial charge in [0.1, 0.15) is 0 Å². The molecule has 2 rings (SSSR count). The fraction of sp³-hybridized carbons (Fsp3) is 0.158. The number of halogens is 1. The number of allylic oxidation sites excluding steroid dienone is 2. The molecule has 0 fully saturated rings. The molecule has 0 radical (unpaired) electrons. The molecule has 0 aliphatic rings. The predicted molar refractivity (Wildman–Crippen MR) is 92.0 cm³/mol. The Morgan fingerprint density at radius 1 is 1.15 bits per heavy atom. The van der Waals surface area contributed by atoms with Gasteiger partial charge in [0.25, 0.3) is 0 Å². The molecule has 0 aromatic heterocycles. The molecule has 1 heteroatoms. The van der Waals surface area contributed by atoms with E-state index >= 15 is 0 Å². The molecule has 0 nitrogen and oxygen atoms in total. The Hall–Kier alpha value is -1.60. The van der Waals surface area contributed by atoms with E-state index in [0.717, 1.165) is 10.9 Å². The molecule has 2 aromatic carbocycles. The standard InChI is InChI=1S/C19H19Br/c1-4-14(2)10-18-15(3)11-17(13-19(18)20)12-16-8-6-5-7-9-16/h4-11,13H,1,12H2,2-3H3/b14-10+. The summed E-state index contributed by atoms with van der Waals surface area (Å²) < 4.78 is 1.14. The summed E-state index contributed by atoms with van der Waals surface area (Å²) in [5.41, 5.74) is 6.36. The Morgan fingerprint density at radius 2 is 1.85 bits per heavy atom. The molecule has 0 spiro atoms. The van der Waals surface area contributed by atoms with Crippen LogP contribution in [0.15, 0.2) is 65.2 Å². The van der Waals surface area contributed by atoms with Crippen LogP contribution < -0.4 is 0 Å². The van der Waals surface area contributed by atoms with Gasteiger partial charge in [-0.25, -0.2) is 0 Å². The van der Waals surface area contributed by atoms with Crippen molar-refractivity contribution in [1.29, 1.82) is 0 Å². The summed E-state index contributed by atoms with van der Waals surface area (Å²) >= 11 is 3.69. The zero-order valence-corrected chi connectivity index (χ0v) is 13.6. The van der Waals surface area contributed by atoms with Crippen LogP contribution in [0.4, 0.5) is 0 Å². The zero-order chi connectivity index (χ0) is 14.5. The van der Waals surface area contributed by atoms with Crippen molar-refractivity contribution in [2.24, 2.45) is 0 Å². The lowest BCUT2D eigenvalue weighted by Gasteiger charge is -2.10. The van der Waals surface area contributed by atoms with E-state index in [4.69, 9.17) is 0 Å². The van der Waals surface area contributed by atoms with Crippen LogP contribution in [-0.2, 0) is 6.42 Å². The Labute approximate surface area is 130 Å². The zero-order valence-electron chi connectivity index (χ0n) is 12.0. The number of aryl methyl sites for hydroxylation is 1. The summed E-state index contributed by atoms with van der Waals surface area (Å²) in [5, 5.41) is 0. The van der Waals surface area contributed by atoms with Crippen molar-refractivity contribution in [2.75, 3.05) is 0 Å². The molecule has 0 aliphatic heterocycles. The molecule has 0 aliphatic carbocycles. The van der Waals surface area contributed by atoms with Crippen molar-refractivity contribution in [3.63, 3.8) is 0 Å². The van der Waals surface area contributed by atoms with Gasteiger partial charge in [0, 0.05) is 4.47 Å². The molecule has 0 N–H and O–H groups in total. The molecule has 0 saturated carbocycles. The van der Waals surface area contributed by atoms with E-state index in [0.29, 0.717) is 0 Å². The summed E-state index contributed by atoms with van der Waals surface area (Å²) in [6, 6.07) is 15.0. The third-order valence-electron chi connectivity index (χ3n) is 3.34. The second-order valence-electron chi connectivity index (χ2n) is 5.06. The Morgan fingerprint density at radius 3 is 2.45 bits per heavy atom. The Bertz CT molecular complexity index is 613. The van der Waals surface area contributed by atoms with Crippen molar-refractivity contribution < 1.29 is 0 Å². The topological polar surface area (TPSA) is 0 Å². The molecule has 0 heterocycles. The molecular weight excluding hydrogens is 308 g/mol. The predicted octanol–water partition coefficient (Wildman–Crippen LogP) is 5.94. The van der Waals surface area contributed by atoms with Crippen LogP contribution in [0.5, 0.6) is 0 Å². The minimum absolute atomic E-state index is 0.963. The highest BCUT2D eigenvalue weighted by Crippen LogP contribution is 2.26. The molecule has 0 saturated heterocycles. The van der Waals surface area contributed by atoms with Crippen molar-refractivity contribution in [2.45, 2.75) is 20.3 Å². The molecule has 20 heavy (non-hydrogen) atoms. The van der Waals surface area contributed by atoms with E-state index in [2.05, 4.69) is 84.9 Å². The first-order chi connectivity index (χ1) is 9.60. The van der Waals surface area contributed by atoms with E-state index < -0.39 is 0 Å². The molecule has 0 unspecified atom stereocenters. The van der Waals surface area contributed by atoms with E-state index in [1.54, 1.807) is 0 Å². The number of rotatable bonds is 4. The molecule has 102 valence electrons. The molecule has 2 aromatic rings. The molecule has 0 bridgehead atoms. The van der Waals surface area contributed by atoms with Gasteiger partial charge in [-0.1, -0.05) is 76.6 Å². The minimum Gasteiger partial charge on any atom is -0.0988 e. The lowest BCUT2D eigenvalue weighted by atomic mass is 9.99. The van der Waals surface area contributed by atoms with E-state index in [9.17, 15) is 0 Å². The van der Waals surface area contributed by atoms with Crippen LogP contribution in [0.2, 0.25) is 0 Å². The second kappa shape index (κ2) is 6.71. The average Bonchev–Trinajstić information content (AvgIpc) is 2.43. The van der Waals surface area contributed by atoms with Crippen molar-refractivity contribution in [3.05, 3.63) is 87.4 Å². The van der Waals surface area contributed by atoms with E-state index in [1.807, 2.05) is 6.08 Å². The maximum absolute atomic E-state index is 3.81. The van der Waals surface area contributed by atoms with E-state index in [-0.39, 0.29) is 0 Å². The van der Waals surface area contributed by atoms with Gasteiger partial charge >= 0.3 is 0 Å². The van der Waals surface area contributed by atoms with Gasteiger partial charge in [-0.05, 0) is 48.6 Å². The maximum atomic E-state index is 3.81. The summed E-state index contributed by atoms with van der Waals surface area (Å²) in [4.78, 5) is 0.